The highest BCUT2D eigenvalue weighted by molar-refractivity contribution is 5.67. The molecule has 1 amide bonds. The maximum absolute atomic E-state index is 11.7. The van der Waals surface area contributed by atoms with E-state index in [1.807, 2.05) is 92.8 Å². The average molecular weight is 561 g/mol. The summed E-state index contributed by atoms with van der Waals surface area (Å²) in [6.07, 6.45) is 0.0588. The van der Waals surface area contributed by atoms with Gasteiger partial charge in [-0.2, -0.15) is 0 Å². The highest BCUT2D eigenvalue weighted by Crippen LogP contribution is 2.38. The fourth-order valence-electron chi connectivity index (χ4n) is 4.84. The number of hydrogen-bond acceptors (Lipinski definition) is 7. The van der Waals surface area contributed by atoms with Crippen LogP contribution in [0.25, 0.3) is 0 Å². The van der Waals surface area contributed by atoms with Crippen molar-refractivity contribution in [2.45, 2.75) is 57.1 Å². The van der Waals surface area contributed by atoms with Crippen molar-refractivity contribution in [2.24, 2.45) is 0 Å². The maximum atomic E-state index is 11.7. The highest BCUT2D eigenvalue weighted by Gasteiger charge is 2.34. The van der Waals surface area contributed by atoms with Crippen LogP contribution >= 0.6 is 0 Å². The van der Waals surface area contributed by atoms with Crippen LogP contribution in [0.1, 0.15) is 59.7 Å². The van der Waals surface area contributed by atoms with E-state index in [1.165, 1.54) is 6.08 Å². The Labute approximate surface area is 242 Å². The molecule has 0 aliphatic carbocycles. The minimum absolute atomic E-state index is 0.0141. The first kappa shape index (κ1) is 30.4. The van der Waals surface area contributed by atoms with Gasteiger partial charge in [0.15, 0.2) is 6.29 Å². The molecule has 0 bridgehead atoms. The van der Waals surface area contributed by atoms with Crippen LogP contribution in [0.5, 0.6) is 0 Å². The Morgan fingerprint density at radius 1 is 1.05 bits per heavy atom. The van der Waals surface area contributed by atoms with Crippen molar-refractivity contribution in [3.05, 3.63) is 119 Å². The van der Waals surface area contributed by atoms with Gasteiger partial charge in [-0.1, -0.05) is 91.5 Å². The fraction of sp³-hybridized carbons (Fsp3) is 0.364. The molecule has 218 valence electrons. The number of likely N-dealkylation sites (N-methyl/N-ethyl adjacent to an activating group) is 1. The minimum atomic E-state index is -0.631. The number of aliphatic hydroxyl groups excluding tert-OH is 2. The van der Waals surface area contributed by atoms with Gasteiger partial charge in [-0.25, -0.2) is 4.79 Å². The molecule has 8 heteroatoms. The third kappa shape index (κ3) is 8.48. The van der Waals surface area contributed by atoms with E-state index < -0.39 is 18.5 Å². The smallest absolute Gasteiger partial charge is 0.407 e. The molecule has 1 fully saturated rings. The van der Waals surface area contributed by atoms with Gasteiger partial charge in [-0.15, -0.1) is 0 Å². The minimum Gasteiger partial charge on any atom is -0.445 e. The van der Waals surface area contributed by atoms with Crippen molar-refractivity contribution in [2.75, 3.05) is 20.2 Å². The first-order valence-corrected chi connectivity index (χ1v) is 13.9. The van der Waals surface area contributed by atoms with Crippen LogP contribution in [0.2, 0.25) is 0 Å². The van der Waals surface area contributed by atoms with E-state index in [-0.39, 0.29) is 31.5 Å². The lowest BCUT2D eigenvalue weighted by atomic mass is 9.98. The Morgan fingerprint density at radius 3 is 2.37 bits per heavy atom. The number of hydrogen-bond donors (Lipinski definition) is 3. The van der Waals surface area contributed by atoms with Crippen molar-refractivity contribution in [3.63, 3.8) is 0 Å². The van der Waals surface area contributed by atoms with E-state index in [2.05, 4.69) is 16.8 Å². The molecule has 0 saturated carbocycles. The first-order chi connectivity index (χ1) is 19.9. The number of rotatable bonds is 12. The van der Waals surface area contributed by atoms with Crippen molar-refractivity contribution in [1.82, 2.24) is 10.2 Å². The van der Waals surface area contributed by atoms with Crippen LogP contribution in [0.3, 0.4) is 0 Å². The van der Waals surface area contributed by atoms with Crippen molar-refractivity contribution in [3.8, 4) is 0 Å². The van der Waals surface area contributed by atoms with E-state index in [0.29, 0.717) is 19.5 Å². The summed E-state index contributed by atoms with van der Waals surface area (Å²) in [4.78, 5) is 13.9. The summed E-state index contributed by atoms with van der Waals surface area (Å²) in [6.45, 7) is 6.62. The summed E-state index contributed by atoms with van der Waals surface area (Å²) in [5, 5.41) is 23.2. The van der Waals surface area contributed by atoms with Gasteiger partial charge in [0.25, 0.3) is 0 Å². The summed E-state index contributed by atoms with van der Waals surface area (Å²) in [6, 6.07) is 25.1. The molecule has 1 aliphatic heterocycles. The Kier molecular flexibility index (Phi) is 11.1. The lowest BCUT2D eigenvalue weighted by molar-refractivity contribution is -0.253. The van der Waals surface area contributed by atoms with E-state index in [9.17, 15) is 15.0 Å². The van der Waals surface area contributed by atoms with Crippen LogP contribution in [0.4, 0.5) is 4.79 Å². The van der Waals surface area contributed by atoms with E-state index in [4.69, 9.17) is 14.2 Å². The Bertz CT molecular complexity index is 1230. The van der Waals surface area contributed by atoms with Gasteiger partial charge in [0.1, 0.15) is 6.61 Å². The van der Waals surface area contributed by atoms with Gasteiger partial charge in [0, 0.05) is 31.1 Å². The second-order valence-electron chi connectivity index (χ2n) is 10.4. The molecule has 0 radical (unpaired) electrons. The van der Waals surface area contributed by atoms with Gasteiger partial charge < -0.3 is 29.7 Å². The van der Waals surface area contributed by atoms with Crippen LogP contribution < -0.4 is 5.32 Å². The largest absolute Gasteiger partial charge is 0.445 e. The molecule has 0 unspecified atom stereocenters. The first-order valence-electron chi connectivity index (χ1n) is 13.9. The van der Waals surface area contributed by atoms with Gasteiger partial charge in [0.05, 0.1) is 24.9 Å². The predicted molar refractivity (Wildman–Crippen MR) is 157 cm³/mol. The Balaban J connectivity index is 1.47. The third-order valence-corrected chi connectivity index (χ3v) is 7.42. The van der Waals surface area contributed by atoms with Crippen molar-refractivity contribution >= 4 is 6.09 Å². The summed E-state index contributed by atoms with van der Waals surface area (Å²) in [5.41, 5.74) is 4.51. The summed E-state index contributed by atoms with van der Waals surface area (Å²) >= 11 is 0. The van der Waals surface area contributed by atoms with Gasteiger partial charge in [-0.3, -0.25) is 4.90 Å². The fourth-order valence-corrected chi connectivity index (χ4v) is 4.84. The number of nitrogens with zero attached hydrogens (tertiary/aromatic N) is 1. The molecule has 3 aromatic rings. The zero-order chi connectivity index (χ0) is 29.2. The number of amides is 1. The van der Waals surface area contributed by atoms with E-state index >= 15 is 0 Å². The third-order valence-electron chi connectivity index (χ3n) is 7.42. The molecule has 3 N–H and O–H groups in total. The normalized spacial score (nSPS) is 20.3. The number of carbonyl (C=O) groups is 1. The second kappa shape index (κ2) is 14.9. The Hall–Kier alpha value is -3.53. The molecule has 5 atom stereocenters. The van der Waals surface area contributed by atoms with Crippen LogP contribution in [0.15, 0.2) is 91.5 Å². The number of carbonyl (C=O) groups excluding carboxylic acids is 1. The van der Waals surface area contributed by atoms with E-state index in [1.54, 1.807) is 0 Å². The molecule has 41 heavy (non-hydrogen) atoms. The highest BCUT2D eigenvalue weighted by atomic mass is 16.7. The molecular weight excluding hydrogens is 520 g/mol. The lowest BCUT2D eigenvalue weighted by Crippen LogP contribution is -2.43. The van der Waals surface area contributed by atoms with Crippen molar-refractivity contribution < 1.29 is 29.2 Å². The number of benzene rings is 3. The number of nitrogens with one attached hydrogen (secondary N) is 1. The molecule has 1 aliphatic rings. The zero-order valence-corrected chi connectivity index (χ0v) is 23.7. The van der Waals surface area contributed by atoms with Gasteiger partial charge >= 0.3 is 6.09 Å². The molecule has 3 aromatic carbocycles. The monoisotopic (exact) mass is 560 g/mol. The second-order valence-corrected chi connectivity index (χ2v) is 10.4. The molecule has 8 nitrogen and oxygen atoms in total. The zero-order valence-electron chi connectivity index (χ0n) is 23.7. The molecule has 4 rings (SSSR count). The summed E-state index contributed by atoms with van der Waals surface area (Å²) < 4.78 is 17.9. The molecule has 1 heterocycles. The number of aliphatic hydroxyl groups is 2. The molecular formula is C33H40N2O6. The topological polar surface area (TPSA) is 100 Å². The number of alkyl carbamates (subject to hydrolysis) is 1. The quantitative estimate of drug-likeness (QED) is 0.262. The van der Waals surface area contributed by atoms with Crippen molar-refractivity contribution in [1.29, 1.82) is 0 Å². The SMILES string of the molecule is C=CCOC(=O)NCc1ccc([C@@H]2O[C@H](CN(C)[C@H](C)[C@@H](O)c3ccccc3)C[C@H](c3ccc(CO)cc3)O2)cc1. The molecule has 0 spiro atoms. The van der Waals surface area contributed by atoms with E-state index in [0.717, 1.165) is 27.8 Å². The van der Waals surface area contributed by atoms with Gasteiger partial charge in [-0.05, 0) is 36.2 Å². The maximum Gasteiger partial charge on any atom is 0.407 e. The van der Waals surface area contributed by atoms with Crippen LogP contribution in [0, 0.1) is 0 Å². The van der Waals surface area contributed by atoms with Crippen LogP contribution in [-0.4, -0.2) is 53.6 Å². The van der Waals surface area contributed by atoms with Gasteiger partial charge in [0.2, 0.25) is 0 Å². The average Bonchev–Trinajstić information content (AvgIpc) is 3.02. The molecule has 0 aromatic heterocycles. The number of ether oxygens (including phenoxy) is 3. The summed E-state index contributed by atoms with van der Waals surface area (Å²) in [5.74, 6) is 0. The Morgan fingerprint density at radius 2 is 1.71 bits per heavy atom. The predicted octanol–water partition coefficient (Wildman–Crippen LogP) is 5.19. The summed E-state index contributed by atoms with van der Waals surface area (Å²) in [7, 11) is 2.00. The lowest BCUT2D eigenvalue weighted by Gasteiger charge is -2.39. The van der Waals surface area contributed by atoms with Crippen LogP contribution in [-0.2, 0) is 27.4 Å². The molecule has 1 saturated heterocycles. The standard InChI is InChI=1S/C33H40N2O6/c1-4-18-39-33(38)34-20-24-10-16-28(17-11-24)32-40-29(19-30(41-32)26-14-12-25(22-36)13-15-26)21-35(3)23(2)31(37)27-8-6-5-7-9-27/h4-17,23,29-32,36-37H,1,18-22H2,2-3H3,(H,34,38)/t23-,29+,30-,31-,32-/m1/s1.